The van der Waals surface area contributed by atoms with Crippen LogP contribution in [0.5, 0.6) is 0 Å². The molecule has 25 heavy (non-hydrogen) atoms. The maximum absolute atomic E-state index is 10.2. The molecule has 1 unspecified atom stereocenters. The van der Waals surface area contributed by atoms with Crippen molar-refractivity contribution in [3.8, 4) is 0 Å². The predicted molar refractivity (Wildman–Crippen MR) is 99.2 cm³/mol. The molecule has 1 fully saturated rings. The molecule has 5 heteroatoms. The second-order valence-electron chi connectivity index (χ2n) is 8.02. The normalized spacial score (nSPS) is 26.5. The van der Waals surface area contributed by atoms with Gasteiger partial charge in [-0.1, -0.05) is 64.2 Å². The number of aliphatic hydroxyl groups is 5. The van der Waals surface area contributed by atoms with Crippen molar-refractivity contribution in [3.63, 3.8) is 0 Å². The molecular formula is C20H40O5. The molecule has 0 saturated heterocycles. The molecule has 0 aliphatic heterocycles. The molecule has 0 radical (unpaired) electrons. The smallest absolute Gasteiger partial charge is 0.0520 e. The van der Waals surface area contributed by atoms with E-state index in [1.165, 1.54) is 32.1 Å². The standard InChI is InChI=1S/C20H40O5/c21-13-18-11-9-7-5-3-1-2-4-6-8-10-12-19(14-22,15-23)20(18,16-24)17-25/h18,21-25H,1-17H2. The number of rotatable bonds is 5. The summed E-state index contributed by atoms with van der Waals surface area (Å²) in [6.07, 6.45) is 12.4. The molecule has 0 aromatic heterocycles. The lowest BCUT2D eigenvalue weighted by Crippen LogP contribution is -2.57. The third-order valence-electron chi connectivity index (χ3n) is 6.69. The lowest BCUT2D eigenvalue weighted by atomic mass is 9.55. The van der Waals surface area contributed by atoms with Crippen LogP contribution in [-0.4, -0.2) is 58.6 Å². The second-order valence-corrected chi connectivity index (χ2v) is 8.02. The van der Waals surface area contributed by atoms with Gasteiger partial charge in [-0.3, -0.25) is 0 Å². The summed E-state index contributed by atoms with van der Waals surface area (Å²) >= 11 is 0. The van der Waals surface area contributed by atoms with Gasteiger partial charge >= 0.3 is 0 Å². The lowest BCUT2D eigenvalue weighted by molar-refractivity contribution is -0.159. The lowest BCUT2D eigenvalue weighted by Gasteiger charge is -2.51. The van der Waals surface area contributed by atoms with Gasteiger partial charge < -0.3 is 25.5 Å². The van der Waals surface area contributed by atoms with Crippen LogP contribution in [0.3, 0.4) is 0 Å². The van der Waals surface area contributed by atoms with Crippen molar-refractivity contribution in [2.75, 3.05) is 33.0 Å². The zero-order valence-electron chi connectivity index (χ0n) is 15.8. The first-order chi connectivity index (χ1) is 12.2. The highest BCUT2D eigenvalue weighted by atomic mass is 16.3. The molecule has 1 saturated carbocycles. The maximum Gasteiger partial charge on any atom is 0.0520 e. The molecule has 0 aromatic carbocycles. The fourth-order valence-electron chi connectivity index (χ4n) is 4.66. The Kier molecular flexibility index (Phi) is 11.2. The molecule has 0 aromatic rings. The van der Waals surface area contributed by atoms with E-state index in [2.05, 4.69) is 0 Å². The molecular weight excluding hydrogens is 320 g/mol. The van der Waals surface area contributed by atoms with Crippen LogP contribution in [0.2, 0.25) is 0 Å². The molecule has 5 nitrogen and oxygen atoms in total. The van der Waals surface area contributed by atoms with Crippen molar-refractivity contribution >= 4 is 0 Å². The monoisotopic (exact) mass is 360 g/mol. The Hall–Kier alpha value is -0.200. The minimum Gasteiger partial charge on any atom is -0.396 e. The fraction of sp³-hybridized carbons (Fsp3) is 1.00. The van der Waals surface area contributed by atoms with Crippen LogP contribution in [0.15, 0.2) is 0 Å². The summed E-state index contributed by atoms with van der Waals surface area (Å²) in [5, 5.41) is 50.7. The van der Waals surface area contributed by atoms with E-state index in [4.69, 9.17) is 0 Å². The minimum atomic E-state index is -1.06. The highest BCUT2D eigenvalue weighted by Gasteiger charge is 2.53. The second kappa shape index (κ2) is 12.2. The molecule has 0 bridgehead atoms. The van der Waals surface area contributed by atoms with Crippen molar-refractivity contribution in [3.05, 3.63) is 0 Å². The van der Waals surface area contributed by atoms with Crippen molar-refractivity contribution in [1.29, 1.82) is 0 Å². The van der Waals surface area contributed by atoms with E-state index in [-0.39, 0.29) is 39.0 Å². The van der Waals surface area contributed by atoms with Crippen molar-refractivity contribution in [2.24, 2.45) is 16.7 Å². The van der Waals surface area contributed by atoms with Gasteiger partial charge in [-0.25, -0.2) is 0 Å². The number of aliphatic hydroxyl groups excluding tert-OH is 5. The minimum absolute atomic E-state index is 0.150. The highest BCUT2D eigenvalue weighted by molar-refractivity contribution is 5.01. The molecule has 1 aliphatic rings. The van der Waals surface area contributed by atoms with Gasteiger partial charge in [0, 0.05) is 17.4 Å². The predicted octanol–water partition coefficient (Wildman–Crippen LogP) is 2.23. The molecule has 1 rings (SSSR count). The summed E-state index contributed by atoms with van der Waals surface area (Å²) in [4.78, 5) is 0. The van der Waals surface area contributed by atoms with Gasteiger partial charge in [0.1, 0.15) is 0 Å². The molecule has 1 aliphatic carbocycles. The van der Waals surface area contributed by atoms with E-state index in [0.717, 1.165) is 32.1 Å². The van der Waals surface area contributed by atoms with E-state index in [0.29, 0.717) is 12.8 Å². The van der Waals surface area contributed by atoms with Crippen LogP contribution in [0, 0.1) is 16.7 Å². The Morgan fingerprint density at radius 2 is 1.00 bits per heavy atom. The average molecular weight is 361 g/mol. The van der Waals surface area contributed by atoms with Crippen LogP contribution in [0.1, 0.15) is 77.0 Å². The van der Waals surface area contributed by atoms with E-state index in [9.17, 15) is 25.5 Å². The molecule has 1 atom stereocenters. The van der Waals surface area contributed by atoms with Gasteiger partial charge in [0.15, 0.2) is 0 Å². The summed E-state index contributed by atoms with van der Waals surface area (Å²) in [5.74, 6) is -0.327. The maximum atomic E-state index is 10.2. The zero-order valence-corrected chi connectivity index (χ0v) is 15.8. The van der Waals surface area contributed by atoms with Crippen molar-refractivity contribution < 1.29 is 25.5 Å². The Morgan fingerprint density at radius 3 is 1.40 bits per heavy atom. The van der Waals surface area contributed by atoms with Gasteiger partial charge in [-0.15, -0.1) is 0 Å². The fourth-order valence-corrected chi connectivity index (χ4v) is 4.66. The summed E-state index contributed by atoms with van der Waals surface area (Å²) in [6.45, 7) is -1.41. The zero-order chi connectivity index (χ0) is 18.6. The SMILES string of the molecule is OCC1CCCCCCCCCCCCC(CO)(CO)C1(CO)CO. The van der Waals surface area contributed by atoms with Crippen molar-refractivity contribution in [1.82, 2.24) is 0 Å². The summed E-state index contributed by atoms with van der Waals surface area (Å²) in [6, 6.07) is 0. The Bertz CT molecular complexity index is 326. The van der Waals surface area contributed by atoms with Gasteiger partial charge in [0.2, 0.25) is 0 Å². The van der Waals surface area contributed by atoms with E-state index in [1.54, 1.807) is 0 Å². The highest BCUT2D eigenvalue weighted by Crippen LogP contribution is 2.49. The first-order valence-electron chi connectivity index (χ1n) is 10.2. The first-order valence-corrected chi connectivity index (χ1v) is 10.2. The van der Waals surface area contributed by atoms with Crippen LogP contribution < -0.4 is 0 Å². The summed E-state index contributed by atoms with van der Waals surface area (Å²) < 4.78 is 0. The largest absolute Gasteiger partial charge is 0.396 e. The van der Waals surface area contributed by atoms with Crippen LogP contribution in [0.4, 0.5) is 0 Å². The number of hydrogen-bond acceptors (Lipinski definition) is 5. The van der Waals surface area contributed by atoms with Crippen LogP contribution in [0.25, 0.3) is 0 Å². The molecule has 0 amide bonds. The quantitative estimate of drug-likeness (QED) is 0.518. The summed E-state index contributed by atoms with van der Waals surface area (Å²) in [5.41, 5.74) is -2.03. The van der Waals surface area contributed by atoms with Gasteiger partial charge in [-0.2, -0.15) is 0 Å². The Balaban J connectivity index is 3.06. The third kappa shape index (κ3) is 5.64. The molecule has 0 heterocycles. The van der Waals surface area contributed by atoms with Gasteiger partial charge in [0.25, 0.3) is 0 Å². The topological polar surface area (TPSA) is 101 Å². The molecule has 5 N–H and O–H groups in total. The summed E-state index contributed by atoms with van der Waals surface area (Å²) in [7, 11) is 0. The van der Waals surface area contributed by atoms with E-state index >= 15 is 0 Å². The molecule has 0 spiro atoms. The Labute approximate surface area is 153 Å². The Morgan fingerprint density at radius 1 is 0.560 bits per heavy atom. The van der Waals surface area contributed by atoms with Crippen LogP contribution in [-0.2, 0) is 0 Å². The van der Waals surface area contributed by atoms with Crippen molar-refractivity contribution in [2.45, 2.75) is 77.0 Å². The van der Waals surface area contributed by atoms with E-state index in [1.807, 2.05) is 0 Å². The van der Waals surface area contributed by atoms with Crippen LogP contribution >= 0.6 is 0 Å². The van der Waals surface area contributed by atoms with Gasteiger partial charge in [0.05, 0.1) is 26.4 Å². The first kappa shape index (κ1) is 22.8. The van der Waals surface area contributed by atoms with E-state index < -0.39 is 10.8 Å². The third-order valence-corrected chi connectivity index (χ3v) is 6.69. The number of hydrogen-bond donors (Lipinski definition) is 5. The van der Waals surface area contributed by atoms with Gasteiger partial charge in [-0.05, 0) is 18.8 Å². The average Bonchev–Trinajstić information content (AvgIpc) is 2.66. The molecule has 150 valence electrons.